The van der Waals surface area contributed by atoms with Gasteiger partial charge in [0.15, 0.2) is 0 Å². The quantitative estimate of drug-likeness (QED) is 0.909. The summed E-state index contributed by atoms with van der Waals surface area (Å²) in [6, 6.07) is 2.42. The molecule has 0 bridgehead atoms. The molecule has 0 saturated heterocycles. The summed E-state index contributed by atoms with van der Waals surface area (Å²) in [5.74, 6) is -2.52. The van der Waals surface area contributed by atoms with Crippen LogP contribution in [0.25, 0.3) is 0 Å². The van der Waals surface area contributed by atoms with E-state index in [-0.39, 0.29) is 17.9 Å². The number of halogens is 2. The molecule has 2 rings (SSSR count). The summed E-state index contributed by atoms with van der Waals surface area (Å²) in [6.45, 7) is 1.59. The van der Waals surface area contributed by atoms with Gasteiger partial charge in [-0.1, -0.05) is 6.42 Å². The maximum Gasteiger partial charge on any atom is 0.310 e. The van der Waals surface area contributed by atoms with Crippen LogP contribution in [0, 0.1) is 17.0 Å². The molecule has 0 aromatic heterocycles. The molecule has 1 N–H and O–H groups in total. The molecule has 6 heteroatoms. The van der Waals surface area contributed by atoms with E-state index in [9.17, 15) is 23.5 Å². The first-order valence-corrected chi connectivity index (χ1v) is 7.21. The summed E-state index contributed by atoms with van der Waals surface area (Å²) in [5, 5.41) is 9.27. The van der Waals surface area contributed by atoms with Crippen LogP contribution in [0.15, 0.2) is 18.2 Å². The topological polar surface area (TPSA) is 57.6 Å². The first-order valence-electron chi connectivity index (χ1n) is 7.21. The van der Waals surface area contributed by atoms with Crippen LogP contribution in [0.4, 0.5) is 8.78 Å². The van der Waals surface area contributed by atoms with E-state index in [1.54, 1.807) is 6.92 Å². The predicted octanol–water partition coefficient (Wildman–Crippen LogP) is 3.13. The highest BCUT2D eigenvalue weighted by Gasteiger charge is 2.46. The smallest absolute Gasteiger partial charge is 0.310 e. The molecule has 22 heavy (non-hydrogen) atoms. The number of amides is 1. The third kappa shape index (κ3) is 2.96. The fourth-order valence-corrected chi connectivity index (χ4v) is 2.74. The number of aliphatic carboxylic acids is 1. The molecule has 1 saturated carbocycles. The average Bonchev–Trinajstić information content (AvgIpc) is 2.43. The number of rotatable bonds is 5. The largest absolute Gasteiger partial charge is 0.481 e. The van der Waals surface area contributed by atoms with E-state index >= 15 is 0 Å². The number of hydrogen-bond donors (Lipinski definition) is 1. The summed E-state index contributed by atoms with van der Waals surface area (Å²) in [6.07, 6.45) is 1.63. The lowest BCUT2D eigenvalue weighted by Gasteiger charge is -2.38. The molecule has 1 aliphatic carbocycles. The average molecular weight is 311 g/mol. The molecule has 0 aliphatic heterocycles. The number of carboxylic acids is 1. The van der Waals surface area contributed by atoms with Crippen molar-refractivity contribution in [3.05, 3.63) is 35.4 Å². The summed E-state index contributed by atoms with van der Waals surface area (Å²) >= 11 is 0. The fraction of sp³-hybridized carbons (Fsp3) is 0.500. The van der Waals surface area contributed by atoms with Gasteiger partial charge in [0.2, 0.25) is 5.91 Å². The van der Waals surface area contributed by atoms with E-state index in [4.69, 9.17) is 0 Å². The molecule has 1 atom stereocenters. The Hall–Kier alpha value is -1.98. The van der Waals surface area contributed by atoms with Gasteiger partial charge < -0.3 is 10.0 Å². The lowest BCUT2D eigenvalue weighted by atomic mass is 9.66. The minimum Gasteiger partial charge on any atom is -0.481 e. The Bertz CT molecular complexity index is 599. The maximum absolute atomic E-state index is 13.8. The minimum atomic E-state index is -0.994. The Kier molecular flexibility index (Phi) is 4.49. The van der Waals surface area contributed by atoms with Crippen molar-refractivity contribution >= 4 is 11.9 Å². The Balaban J connectivity index is 2.13. The fourth-order valence-electron chi connectivity index (χ4n) is 2.74. The van der Waals surface area contributed by atoms with Gasteiger partial charge in [-0.15, -0.1) is 0 Å². The molecule has 1 fully saturated rings. The minimum absolute atomic E-state index is 0.0776. The first-order chi connectivity index (χ1) is 10.3. The second-order valence-electron chi connectivity index (χ2n) is 5.96. The molecular formula is C16H19F2NO3. The number of benzene rings is 1. The van der Waals surface area contributed by atoms with Crippen molar-refractivity contribution in [2.75, 3.05) is 7.05 Å². The molecule has 1 aromatic carbocycles. The van der Waals surface area contributed by atoms with Crippen LogP contribution in [0.1, 0.15) is 44.2 Å². The van der Waals surface area contributed by atoms with Crippen LogP contribution in [0.2, 0.25) is 0 Å². The lowest BCUT2D eigenvalue weighted by Crippen LogP contribution is -2.43. The lowest BCUT2D eigenvalue weighted by molar-refractivity contribution is -0.159. The Morgan fingerprint density at radius 1 is 1.36 bits per heavy atom. The summed E-state index contributed by atoms with van der Waals surface area (Å²) in [4.78, 5) is 24.9. The van der Waals surface area contributed by atoms with Crippen molar-refractivity contribution in [3.8, 4) is 0 Å². The zero-order chi connectivity index (χ0) is 16.5. The van der Waals surface area contributed by atoms with Crippen molar-refractivity contribution in [3.63, 3.8) is 0 Å². The van der Waals surface area contributed by atoms with Crippen LogP contribution in [-0.2, 0) is 9.59 Å². The third-order valence-electron chi connectivity index (χ3n) is 4.64. The normalized spacial score (nSPS) is 17.5. The first kappa shape index (κ1) is 16.4. The highest BCUT2D eigenvalue weighted by Crippen LogP contribution is 2.44. The van der Waals surface area contributed by atoms with Gasteiger partial charge in [0.05, 0.1) is 11.5 Å². The van der Waals surface area contributed by atoms with Crippen LogP contribution in [-0.4, -0.2) is 28.9 Å². The predicted molar refractivity (Wildman–Crippen MR) is 76.1 cm³/mol. The van der Waals surface area contributed by atoms with Crippen LogP contribution >= 0.6 is 0 Å². The number of carbonyl (C=O) groups excluding carboxylic acids is 1. The highest BCUT2D eigenvalue weighted by molar-refractivity contribution is 5.85. The number of nitrogens with zero attached hydrogens (tertiary/aromatic N) is 1. The van der Waals surface area contributed by atoms with E-state index in [2.05, 4.69) is 0 Å². The van der Waals surface area contributed by atoms with Crippen molar-refractivity contribution in [1.29, 1.82) is 0 Å². The molecule has 1 amide bonds. The highest BCUT2D eigenvalue weighted by atomic mass is 19.1. The van der Waals surface area contributed by atoms with Gasteiger partial charge in [0.1, 0.15) is 11.6 Å². The molecule has 4 nitrogen and oxygen atoms in total. The second-order valence-corrected chi connectivity index (χ2v) is 5.96. The van der Waals surface area contributed by atoms with Gasteiger partial charge in [0.25, 0.3) is 0 Å². The zero-order valence-electron chi connectivity index (χ0n) is 12.6. The van der Waals surface area contributed by atoms with Crippen molar-refractivity contribution in [2.24, 2.45) is 5.41 Å². The molecule has 0 heterocycles. The number of hydrogen-bond acceptors (Lipinski definition) is 2. The van der Waals surface area contributed by atoms with E-state index in [1.807, 2.05) is 0 Å². The van der Waals surface area contributed by atoms with Gasteiger partial charge in [-0.05, 0) is 38.0 Å². The Labute approximate surface area is 127 Å². The van der Waals surface area contributed by atoms with E-state index < -0.39 is 29.1 Å². The molecule has 120 valence electrons. The van der Waals surface area contributed by atoms with Gasteiger partial charge in [-0.25, -0.2) is 8.78 Å². The van der Waals surface area contributed by atoms with Gasteiger partial charge in [-0.3, -0.25) is 9.59 Å². The van der Waals surface area contributed by atoms with Crippen LogP contribution in [0.3, 0.4) is 0 Å². The van der Waals surface area contributed by atoms with Gasteiger partial charge >= 0.3 is 5.97 Å². The van der Waals surface area contributed by atoms with E-state index in [1.165, 1.54) is 11.9 Å². The molecular weight excluding hydrogens is 292 g/mol. The Morgan fingerprint density at radius 3 is 2.50 bits per heavy atom. The van der Waals surface area contributed by atoms with Gasteiger partial charge in [-0.2, -0.15) is 0 Å². The van der Waals surface area contributed by atoms with Crippen molar-refractivity contribution in [2.45, 2.75) is 38.6 Å². The van der Waals surface area contributed by atoms with E-state index in [0.29, 0.717) is 12.8 Å². The summed E-state index contributed by atoms with van der Waals surface area (Å²) in [7, 11) is 1.48. The summed E-state index contributed by atoms with van der Waals surface area (Å²) in [5.41, 5.74) is -0.917. The van der Waals surface area contributed by atoms with E-state index in [0.717, 1.165) is 24.6 Å². The SMILES string of the molecule is CC(c1cc(F)ccc1F)N(C)C(=O)CC1(C(=O)O)CCC1. The maximum atomic E-state index is 13.8. The number of carbonyl (C=O) groups is 2. The molecule has 0 spiro atoms. The number of carboxylic acid groups (broad SMARTS) is 1. The Morgan fingerprint density at radius 2 is 2.00 bits per heavy atom. The second kappa shape index (κ2) is 6.02. The van der Waals surface area contributed by atoms with Crippen LogP contribution < -0.4 is 0 Å². The molecule has 1 aliphatic rings. The molecule has 1 unspecified atom stereocenters. The van der Waals surface area contributed by atoms with Crippen molar-refractivity contribution < 1.29 is 23.5 Å². The zero-order valence-corrected chi connectivity index (χ0v) is 12.6. The van der Waals surface area contributed by atoms with Crippen molar-refractivity contribution in [1.82, 2.24) is 4.90 Å². The monoisotopic (exact) mass is 311 g/mol. The third-order valence-corrected chi connectivity index (χ3v) is 4.64. The summed E-state index contributed by atoms with van der Waals surface area (Å²) < 4.78 is 27.1. The van der Waals surface area contributed by atoms with Gasteiger partial charge in [0, 0.05) is 19.0 Å². The molecule has 0 radical (unpaired) electrons. The standard InChI is InChI=1S/C16H19F2NO3/c1-10(12-8-11(17)4-5-13(12)18)19(2)14(20)9-16(15(21)22)6-3-7-16/h4-5,8,10H,3,6-7,9H2,1-2H3,(H,21,22). The van der Waals surface area contributed by atoms with Crippen LogP contribution in [0.5, 0.6) is 0 Å². The molecule has 1 aromatic rings.